The number of rotatable bonds is 4. The first-order chi connectivity index (χ1) is 11.5. The van der Waals surface area contributed by atoms with Crippen molar-refractivity contribution in [1.29, 1.82) is 0 Å². The Bertz CT molecular complexity index is 949. The molecule has 0 bridgehead atoms. The van der Waals surface area contributed by atoms with E-state index in [0.717, 1.165) is 16.6 Å². The van der Waals surface area contributed by atoms with Gasteiger partial charge in [0.2, 0.25) is 0 Å². The lowest BCUT2D eigenvalue weighted by Crippen LogP contribution is -2.00. The van der Waals surface area contributed by atoms with Crippen LogP contribution in [0.1, 0.15) is 10.4 Å². The summed E-state index contributed by atoms with van der Waals surface area (Å²) in [6.45, 7) is 0. The molecular weight excluding hydrogens is 328 g/mol. The van der Waals surface area contributed by atoms with Gasteiger partial charge in [0.15, 0.2) is 0 Å². The van der Waals surface area contributed by atoms with E-state index in [1.165, 1.54) is 7.11 Å². The minimum Gasteiger partial charge on any atom is -0.496 e. The van der Waals surface area contributed by atoms with Crippen molar-refractivity contribution in [2.45, 2.75) is 4.90 Å². The van der Waals surface area contributed by atoms with Gasteiger partial charge in [0.1, 0.15) is 11.6 Å². The van der Waals surface area contributed by atoms with Crippen molar-refractivity contribution in [3.8, 4) is 17.1 Å². The van der Waals surface area contributed by atoms with E-state index in [2.05, 4.69) is 9.97 Å². The zero-order valence-corrected chi connectivity index (χ0v) is 14.3. The number of aromatic nitrogens is 2. The van der Waals surface area contributed by atoms with Crippen LogP contribution in [-0.2, 0) is 15.5 Å². The summed E-state index contributed by atoms with van der Waals surface area (Å²) in [4.78, 5) is 20.0. The molecule has 0 aliphatic carbocycles. The molecule has 124 valence electrons. The molecule has 6 nitrogen and oxygen atoms in total. The average Bonchev–Trinajstić information content (AvgIpc) is 3.03. The number of fused-ring (bicyclic) bond motifs is 1. The standard InChI is InChI=1S/C17H16N2O4S/c1-22-15-9-11(24(3)21)5-6-12(15)16-18-13-7-4-10(17(20)23-2)8-14(13)19-16/h4-9H,1-3H3,(H,18,19). The zero-order valence-electron chi connectivity index (χ0n) is 13.5. The number of nitrogens with one attached hydrogen (secondary N) is 1. The summed E-state index contributed by atoms with van der Waals surface area (Å²) in [6, 6.07) is 10.4. The summed E-state index contributed by atoms with van der Waals surface area (Å²) in [7, 11) is 1.81. The number of carbonyl (C=O) groups is 1. The van der Waals surface area contributed by atoms with E-state index in [1.807, 2.05) is 6.07 Å². The van der Waals surface area contributed by atoms with Gasteiger partial charge in [-0.25, -0.2) is 9.78 Å². The van der Waals surface area contributed by atoms with Gasteiger partial charge in [-0.05, 0) is 36.4 Å². The Balaban J connectivity index is 2.09. The van der Waals surface area contributed by atoms with E-state index in [9.17, 15) is 9.00 Å². The fourth-order valence-electron chi connectivity index (χ4n) is 2.43. The highest BCUT2D eigenvalue weighted by atomic mass is 32.2. The molecule has 0 fully saturated rings. The maximum Gasteiger partial charge on any atom is 0.337 e. The van der Waals surface area contributed by atoms with Gasteiger partial charge in [-0.1, -0.05) is 0 Å². The highest BCUT2D eigenvalue weighted by Gasteiger charge is 2.14. The minimum absolute atomic E-state index is 0.402. The van der Waals surface area contributed by atoms with Crippen LogP contribution in [0, 0.1) is 0 Å². The molecule has 1 unspecified atom stereocenters. The maximum absolute atomic E-state index is 11.6. The largest absolute Gasteiger partial charge is 0.496 e. The summed E-state index contributed by atoms with van der Waals surface area (Å²) in [5.74, 6) is 0.785. The Kier molecular flexibility index (Phi) is 4.35. The molecule has 2 aromatic carbocycles. The topological polar surface area (TPSA) is 81.3 Å². The Labute approximate surface area is 141 Å². The zero-order chi connectivity index (χ0) is 17.3. The van der Waals surface area contributed by atoms with Crippen LogP contribution in [0.2, 0.25) is 0 Å². The average molecular weight is 344 g/mol. The Morgan fingerprint density at radius 2 is 1.96 bits per heavy atom. The Morgan fingerprint density at radius 1 is 1.17 bits per heavy atom. The van der Waals surface area contributed by atoms with Gasteiger partial charge in [-0.2, -0.15) is 0 Å². The second-order valence-corrected chi connectivity index (χ2v) is 6.50. The van der Waals surface area contributed by atoms with Crippen molar-refractivity contribution < 1.29 is 18.5 Å². The molecule has 0 aliphatic heterocycles. The van der Waals surface area contributed by atoms with Gasteiger partial charge in [-0.15, -0.1) is 0 Å². The predicted molar refractivity (Wildman–Crippen MR) is 91.8 cm³/mol. The quantitative estimate of drug-likeness (QED) is 0.736. The van der Waals surface area contributed by atoms with Crippen molar-refractivity contribution in [2.24, 2.45) is 0 Å². The SMILES string of the molecule is COC(=O)c1ccc2nc(-c3ccc(S(C)=O)cc3OC)[nH]c2c1. The van der Waals surface area contributed by atoms with Gasteiger partial charge < -0.3 is 14.5 Å². The number of hydrogen-bond acceptors (Lipinski definition) is 5. The molecule has 0 saturated heterocycles. The molecule has 0 aliphatic rings. The van der Waals surface area contributed by atoms with Gasteiger partial charge in [0.05, 0.1) is 36.4 Å². The van der Waals surface area contributed by atoms with Gasteiger partial charge >= 0.3 is 5.97 Å². The second-order valence-electron chi connectivity index (χ2n) is 5.13. The van der Waals surface area contributed by atoms with E-state index in [4.69, 9.17) is 9.47 Å². The van der Waals surface area contributed by atoms with Crippen molar-refractivity contribution in [3.63, 3.8) is 0 Å². The summed E-state index contributed by atoms with van der Waals surface area (Å²) in [5.41, 5.74) is 2.65. The van der Waals surface area contributed by atoms with Crippen LogP contribution in [0.4, 0.5) is 0 Å². The number of esters is 1. The second kappa shape index (κ2) is 6.45. The molecule has 1 N–H and O–H groups in total. The molecule has 1 atom stereocenters. The van der Waals surface area contributed by atoms with Crippen molar-refractivity contribution in [2.75, 3.05) is 20.5 Å². The third-order valence-corrected chi connectivity index (χ3v) is 4.58. The van der Waals surface area contributed by atoms with E-state index in [0.29, 0.717) is 22.0 Å². The monoisotopic (exact) mass is 344 g/mol. The van der Waals surface area contributed by atoms with E-state index < -0.39 is 16.8 Å². The highest BCUT2D eigenvalue weighted by molar-refractivity contribution is 7.84. The molecule has 1 aromatic heterocycles. The van der Waals surface area contributed by atoms with Crippen LogP contribution in [0.25, 0.3) is 22.4 Å². The van der Waals surface area contributed by atoms with E-state index >= 15 is 0 Å². The lowest BCUT2D eigenvalue weighted by Gasteiger charge is -2.07. The van der Waals surface area contributed by atoms with Crippen LogP contribution < -0.4 is 4.74 Å². The smallest absolute Gasteiger partial charge is 0.337 e. The number of H-pyrrole nitrogens is 1. The summed E-state index contributed by atoms with van der Waals surface area (Å²) in [6.07, 6.45) is 1.62. The summed E-state index contributed by atoms with van der Waals surface area (Å²) in [5, 5.41) is 0. The van der Waals surface area contributed by atoms with Gasteiger partial charge in [0.25, 0.3) is 0 Å². The van der Waals surface area contributed by atoms with E-state index in [-0.39, 0.29) is 0 Å². The summed E-state index contributed by atoms with van der Waals surface area (Å²) < 4.78 is 21.7. The first-order valence-corrected chi connectivity index (χ1v) is 8.69. The van der Waals surface area contributed by atoms with Crippen LogP contribution in [0.3, 0.4) is 0 Å². The molecule has 0 amide bonds. The number of carbonyl (C=O) groups excluding carboxylic acids is 1. The van der Waals surface area contributed by atoms with E-state index in [1.54, 1.807) is 43.7 Å². The van der Waals surface area contributed by atoms with Crippen molar-refractivity contribution in [3.05, 3.63) is 42.0 Å². The fraction of sp³-hybridized carbons (Fsp3) is 0.176. The lowest BCUT2D eigenvalue weighted by atomic mass is 10.2. The predicted octanol–water partition coefficient (Wildman–Crippen LogP) is 2.76. The van der Waals surface area contributed by atoms with Crippen molar-refractivity contribution >= 4 is 27.8 Å². The molecule has 7 heteroatoms. The number of ether oxygens (including phenoxy) is 2. The van der Waals surface area contributed by atoms with Gasteiger partial charge in [-0.3, -0.25) is 4.21 Å². The molecule has 0 spiro atoms. The number of aromatic amines is 1. The van der Waals surface area contributed by atoms with Crippen molar-refractivity contribution in [1.82, 2.24) is 9.97 Å². The molecule has 1 heterocycles. The lowest BCUT2D eigenvalue weighted by molar-refractivity contribution is 0.0601. The number of methoxy groups -OCH3 is 2. The van der Waals surface area contributed by atoms with Crippen LogP contribution >= 0.6 is 0 Å². The Morgan fingerprint density at radius 3 is 2.62 bits per heavy atom. The molecule has 3 rings (SSSR count). The number of imidazole rings is 1. The first kappa shape index (κ1) is 16.2. The maximum atomic E-state index is 11.6. The first-order valence-electron chi connectivity index (χ1n) is 7.13. The molecule has 0 saturated carbocycles. The number of nitrogens with zero attached hydrogens (tertiary/aromatic N) is 1. The third kappa shape index (κ3) is 2.90. The molecular formula is C17H16N2O4S. The third-order valence-electron chi connectivity index (χ3n) is 3.66. The van der Waals surface area contributed by atoms with Crippen LogP contribution in [0.15, 0.2) is 41.3 Å². The number of benzene rings is 2. The normalized spacial score (nSPS) is 12.1. The molecule has 3 aromatic rings. The fourth-order valence-corrected chi connectivity index (χ4v) is 2.96. The number of hydrogen-bond donors (Lipinski definition) is 1. The molecule has 0 radical (unpaired) electrons. The summed E-state index contributed by atoms with van der Waals surface area (Å²) >= 11 is 0. The van der Waals surface area contributed by atoms with Crippen LogP contribution in [-0.4, -0.2) is 40.6 Å². The van der Waals surface area contributed by atoms with Crippen LogP contribution in [0.5, 0.6) is 5.75 Å². The highest BCUT2D eigenvalue weighted by Crippen LogP contribution is 2.31. The van der Waals surface area contributed by atoms with Gasteiger partial charge in [0, 0.05) is 22.0 Å². The molecule has 24 heavy (non-hydrogen) atoms. The minimum atomic E-state index is -1.09. The Hall–Kier alpha value is -2.67.